The van der Waals surface area contributed by atoms with Crippen LogP contribution in [0.3, 0.4) is 0 Å². The van der Waals surface area contributed by atoms with E-state index in [1.54, 1.807) is 24.3 Å². The van der Waals surface area contributed by atoms with Crippen LogP contribution in [0.4, 0.5) is 11.4 Å². The Bertz CT molecular complexity index is 3110. The van der Waals surface area contributed by atoms with Gasteiger partial charge < -0.3 is 24.5 Å². The molecule has 0 radical (unpaired) electrons. The molecule has 0 saturated heterocycles. The third-order valence-electron chi connectivity index (χ3n) is 12.6. The maximum Gasteiger partial charge on any atom is 0.243 e. The van der Waals surface area contributed by atoms with Gasteiger partial charge in [-0.25, -0.2) is 29.6 Å². The fraction of sp³-hybridized carbons (Fsp3) is 0.404. The minimum Gasteiger partial charge on any atom is -0.744 e. The van der Waals surface area contributed by atoms with Crippen molar-refractivity contribution in [2.24, 2.45) is 5.92 Å². The lowest BCUT2D eigenvalue weighted by atomic mass is 9.79. The average molecular weight is 1060 g/mol. The molecule has 18 nitrogen and oxygen atoms in total. The average Bonchev–Trinajstić information content (AvgIpc) is 3.65. The zero-order chi connectivity index (χ0) is 51.4. The monoisotopic (exact) mass is 1060 g/mol. The highest BCUT2D eigenvalue weighted by Crippen LogP contribution is 2.52. The van der Waals surface area contributed by atoms with Crippen molar-refractivity contribution in [3.8, 4) is 0 Å². The Hall–Kier alpha value is -4.05. The third-order valence-corrected chi connectivity index (χ3v) is 17.4. The fourth-order valence-electron chi connectivity index (χ4n) is 9.37. The van der Waals surface area contributed by atoms with Gasteiger partial charge in [0, 0.05) is 120 Å². The van der Waals surface area contributed by atoms with Crippen molar-refractivity contribution in [3.05, 3.63) is 102 Å². The number of fused-ring (bicyclic) bond motifs is 6. The summed E-state index contributed by atoms with van der Waals surface area (Å²) in [6.45, 7) is 12.4. The molecule has 0 bridgehead atoms. The lowest BCUT2D eigenvalue weighted by Crippen LogP contribution is -2.28. The zero-order valence-corrected chi connectivity index (χ0v) is 43.6. The molecule has 0 N–H and O–H groups in total. The fourth-order valence-corrected chi connectivity index (χ4v) is 12.8. The van der Waals surface area contributed by atoms with Crippen LogP contribution in [0.5, 0.6) is 0 Å². The highest BCUT2D eigenvalue weighted by atomic mass is 32.2. The Morgan fingerprint density at radius 3 is 2.07 bits per heavy atom. The van der Waals surface area contributed by atoms with Gasteiger partial charge in [0.05, 0.1) is 20.1 Å². The number of allylic oxidation sites excluding steroid dienone is 6. The lowest BCUT2D eigenvalue weighted by Gasteiger charge is -2.27. The molecule has 23 heteroatoms. The topological polar surface area (TPSA) is 258 Å². The second kappa shape index (κ2) is 22.4. The van der Waals surface area contributed by atoms with Crippen LogP contribution in [0.15, 0.2) is 105 Å². The van der Waals surface area contributed by atoms with Crippen LogP contribution in [0.2, 0.25) is 0 Å². The van der Waals surface area contributed by atoms with Gasteiger partial charge in [-0.1, -0.05) is 64.1 Å². The number of rotatable bonds is 24. The summed E-state index contributed by atoms with van der Waals surface area (Å²) in [6, 6.07) is 13.7. The first kappa shape index (κ1) is 55.3. The molecule has 0 unspecified atom stereocenters. The summed E-state index contributed by atoms with van der Waals surface area (Å²) in [6.07, 6.45) is 11.0. The minimum absolute atomic E-state index is 0.0405. The molecule has 0 aliphatic carbocycles. The molecule has 0 aromatic heterocycles. The summed E-state index contributed by atoms with van der Waals surface area (Å²) in [5.41, 5.74) is 2.77. The van der Waals surface area contributed by atoms with E-state index in [2.05, 4.69) is 37.5 Å². The number of hydrogen-bond acceptors (Lipinski definition) is 18. The van der Waals surface area contributed by atoms with E-state index < -0.39 is 50.9 Å². The zero-order valence-electron chi connectivity index (χ0n) is 39.5. The van der Waals surface area contributed by atoms with Crippen LogP contribution in [-0.2, 0) is 64.6 Å². The normalized spacial score (nSPS) is 16.6. The van der Waals surface area contributed by atoms with Gasteiger partial charge in [-0.15, -0.1) is 0 Å². The van der Waals surface area contributed by atoms with Gasteiger partial charge in [0.25, 0.3) is 0 Å². The van der Waals surface area contributed by atoms with Crippen molar-refractivity contribution in [1.82, 2.24) is 4.31 Å². The van der Waals surface area contributed by atoms with E-state index >= 15 is 0 Å². The third kappa shape index (κ3) is 11.6. The van der Waals surface area contributed by atoms with E-state index in [1.165, 1.54) is 17.4 Å². The molecule has 0 spiro atoms. The molecule has 380 valence electrons. The van der Waals surface area contributed by atoms with Gasteiger partial charge in [0.1, 0.15) is 32.6 Å². The molecule has 4 aromatic rings. The Morgan fingerprint density at radius 1 is 0.771 bits per heavy atom. The van der Waals surface area contributed by atoms with Crippen molar-refractivity contribution < 1.29 is 73.0 Å². The summed E-state index contributed by atoms with van der Waals surface area (Å²) in [5.74, 6) is 0.695. The lowest BCUT2D eigenvalue weighted by molar-refractivity contribution is -0.777. The number of anilines is 1. The Labute approximate surface area is 417 Å². The first-order valence-corrected chi connectivity index (χ1v) is 28.2. The summed E-state index contributed by atoms with van der Waals surface area (Å²) < 4.78 is 115. The van der Waals surface area contributed by atoms with Gasteiger partial charge in [-0.2, -0.15) is 13.2 Å². The van der Waals surface area contributed by atoms with Crippen LogP contribution in [0, 0.1) is 5.92 Å². The smallest absolute Gasteiger partial charge is 0.243 e. The van der Waals surface area contributed by atoms with Gasteiger partial charge in [-0.05, 0) is 79.4 Å². The van der Waals surface area contributed by atoms with Crippen LogP contribution < -0.4 is 15.4 Å². The van der Waals surface area contributed by atoms with E-state index in [9.17, 15) is 49.7 Å². The van der Waals surface area contributed by atoms with Crippen LogP contribution in [0.25, 0.3) is 21.5 Å². The number of ketones is 1. The summed E-state index contributed by atoms with van der Waals surface area (Å²) in [7, 11) is -12.9. The van der Waals surface area contributed by atoms with Crippen LogP contribution >= 0.6 is 24.1 Å². The number of hydrogen-bond donors (Lipinski definition) is 0. The molecular formula is C47H54N3O15S5-3. The Balaban J connectivity index is 1.39. The Morgan fingerprint density at radius 2 is 1.43 bits per heavy atom. The van der Waals surface area contributed by atoms with Gasteiger partial charge >= 0.3 is 0 Å². The second-order valence-electron chi connectivity index (χ2n) is 18.1. The number of carbonyl (C=O) groups excluding carboxylic acids is 1. The second-order valence-corrected chi connectivity index (χ2v) is 24.4. The molecular weight excluding hydrogens is 1010 g/mol. The van der Waals surface area contributed by atoms with E-state index in [1.807, 2.05) is 74.8 Å². The largest absolute Gasteiger partial charge is 0.744 e. The van der Waals surface area contributed by atoms with E-state index in [4.69, 9.17) is 0 Å². The maximum atomic E-state index is 14.1. The van der Waals surface area contributed by atoms with Gasteiger partial charge in [0.2, 0.25) is 15.7 Å². The predicted octanol–water partition coefficient (Wildman–Crippen LogP) is 6.12. The van der Waals surface area contributed by atoms with Gasteiger partial charge in [-0.3, -0.25) is 14.9 Å². The number of benzene rings is 4. The van der Waals surface area contributed by atoms with E-state index in [-0.39, 0.29) is 40.3 Å². The molecule has 2 aliphatic rings. The van der Waals surface area contributed by atoms with Crippen molar-refractivity contribution in [3.63, 3.8) is 0 Å². The molecule has 6 rings (SSSR count). The van der Waals surface area contributed by atoms with E-state index in [0.717, 1.165) is 52.5 Å². The first-order chi connectivity index (χ1) is 32.9. The summed E-state index contributed by atoms with van der Waals surface area (Å²) in [4.78, 5) is 12.9. The van der Waals surface area contributed by atoms with Gasteiger partial charge in [0.15, 0.2) is 5.71 Å². The summed E-state index contributed by atoms with van der Waals surface area (Å²) >= 11 is 1.68. The summed E-state index contributed by atoms with van der Waals surface area (Å²) in [5, 5.41) is 29.3. The number of sulfonamides is 1. The highest BCUT2D eigenvalue weighted by Gasteiger charge is 2.46. The molecule has 70 heavy (non-hydrogen) atoms. The molecule has 4 aromatic carbocycles. The molecule has 2 aliphatic heterocycles. The molecule has 0 saturated carbocycles. The predicted molar refractivity (Wildman–Crippen MR) is 261 cm³/mol. The Kier molecular flexibility index (Phi) is 17.7. The van der Waals surface area contributed by atoms with Crippen molar-refractivity contribution >= 4 is 98.8 Å². The standard InChI is InChI=1S/C47H57N3O15S5/c1-31(2)39(51)16-12-24-48(7)68(54,55)40-17-11-15-35-33(40)20-22-37-44(35)46(3,4)42(49(37)25-13-27-66-64-62-52)18-9-8-10-19-43-47(5,6)45-36-29-32(69(56,57)58)30-41(70(59,60)61)34(36)21-23-38(45)50(43)26-14-28-67-65-63-53/h8-11,15,17-23,29-31H,12-14,16,24-28H2,1-7H3,(H3-,52,53,56,57,58,59,60,61)/p-3. The molecule has 0 fully saturated rings. The molecule has 0 atom stereocenters. The van der Waals surface area contributed by atoms with Crippen molar-refractivity contribution in [1.29, 1.82) is 0 Å². The van der Waals surface area contributed by atoms with Crippen molar-refractivity contribution in [2.45, 2.75) is 92.7 Å². The first-order valence-electron chi connectivity index (χ1n) is 22.1. The highest BCUT2D eigenvalue weighted by molar-refractivity contribution is 7.94. The number of nitrogens with zero attached hydrogens (tertiary/aromatic N) is 3. The quantitative estimate of drug-likeness (QED) is 0.0146. The number of carbonyl (C=O) groups is 1. The van der Waals surface area contributed by atoms with Crippen LogP contribution in [-0.4, -0.2) is 92.9 Å². The number of Topliss-reactive ketones (excluding diaryl/α,β-unsaturated/α-hetero) is 1. The SMILES string of the molecule is CC(C)C(=O)CCCN(C)S(=O)(=O)c1cccc2c3c(ccc12)N(CCCSOO[O-])C(=CC=CC=CC1=[N+](CCCSOO[O-])c2ccc4c(S(=O)(=O)[O-])cc(S(=O)(=O)[O-])cc4c2C1(C)C)C3(C)C. The van der Waals surface area contributed by atoms with E-state index in [0.29, 0.717) is 72.3 Å². The molecule has 2 heterocycles. The minimum atomic E-state index is -5.23. The maximum absolute atomic E-state index is 14.1. The van der Waals surface area contributed by atoms with Crippen LogP contribution in [0.1, 0.15) is 78.4 Å². The van der Waals surface area contributed by atoms with Crippen molar-refractivity contribution in [2.75, 3.05) is 43.1 Å². The molecule has 0 amide bonds.